The predicted molar refractivity (Wildman–Crippen MR) is 75.4 cm³/mol. The maximum absolute atomic E-state index is 11.3. The summed E-state index contributed by atoms with van der Waals surface area (Å²) in [6.07, 6.45) is 5.32. The molecule has 2 N–H and O–H groups in total. The van der Waals surface area contributed by atoms with E-state index < -0.39 is 0 Å². The molecule has 102 valence electrons. The molecule has 2 aromatic heterocycles. The van der Waals surface area contributed by atoms with Gasteiger partial charge in [-0.1, -0.05) is 0 Å². The summed E-state index contributed by atoms with van der Waals surface area (Å²) in [6.45, 7) is 0.932. The van der Waals surface area contributed by atoms with Crippen LogP contribution in [0.2, 0.25) is 0 Å². The number of nitrogens with zero attached hydrogens (tertiary/aromatic N) is 3. The van der Waals surface area contributed by atoms with Gasteiger partial charge in [0.05, 0.1) is 13.1 Å². The molecular formula is C12H16ClN5O. The van der Waals surface area contributed by atoms with Gasteiger partial charge < -0.3 is 10.6 Å². The van der Waals surface area contributed by atoms with E-state index in [1.807, 2.05) is 18.3 Å². The molecule has 0 aliphatic rings. The van der Waals surface area contributed by atoms with Gasteiger partial charge in [-0.05, 0) is 24.7 Å². The van der Waals surface area contributed by atoms with Gasteiger partial charge in [-0.25, -0.2) is 0 Å². The van der Waals surface area contributed by atoms with Gasteiger partial charge in [-0.2, -0.15) is 5.10 Å². The van der Waals surface area contributed by atoms with E-state index in [0.29, 0.717) is 12.4 Å². The number of aromatic nitrogens is 3. The zero-order chi connectivity index (χ0) is 12.8. The van der Waals surface area contributed by atoms with Crippen LogP contribution in [0.5, 0.6) is 0 Å². The van der Waals surface area contributed by atoms with Gasteiger partial charge in [-0.15, -0.1) is 12.4 Å². The smallest absolute Gasteiger partial charge is 0.239 e. The number of anilines is 1. The highest BCUT2D eigenvalue weighted by molar-refractivity contribution is 5.91. The van der Waals surface area contributed by atoms with Crippen LogP contribution in [0, 0.1) is 0 Å². The Labute approximate surface area is 117 Å². The number of carbonyl (C=O) groups is 1. The molecule has 2 rings (SSSR count). The summed E-state index contributed by atoms with van der Waals surface area (Å²) in [5.74, 6) is 0.455. The van der Waals surface area contributed by atoms with E-state index in [0.717, 1.165) is 5.56 Å². The molecule has 0 radical (unpaired) electrons. The molecule has 6 nitrogen and oxygen atoms in total. The third kappa shape index (κ3) is 4.69. The van der Waals surface area contributed by atoms with Crippen LogP contribution in [0.1, 0.15) is 5.56 Å². The minimum Gasteiger partial charge on any atom is -0.311 e. The number of hydrogen-bond donors (Lipinski definition) is 2. The van der Waals surface area contributed by atoms with Crippen LogP contribution in [-0.2, 0) is 11.3 Å². The van der Waals surface area contributed by atoms with Crippen LogP contribution >= 0.6 is 12.4 Å². The number of nitrogens with one attached hydrogen (secondary N) is 2. The van der Waals surface area contributed by atoms with E-state index >= 15 is 0 Å². The first-order valence-electron chi connectivity index (χ1n) is 5.65. The molecule has 0 atom stereocenters. The highest BCUT2D eigenvalue weighted by Gasteiger charge is 2.03. The first-order valence-corrected chi connectivity index (χ1v) is 5.65. The summed E-state index contributed by atoms with van der Waals surface area (Å²) in [6, 6.07) is 5.64. The maximum atomic E-state index is 11.3. The lowest BCUT2D eigenvalue weighted by Crippen LogP contribution is -2.25. The molecule has 2 aromatic rings. The van der Waals surface area contributed by atoms with E-state index in [9.17, 15) is 4.79 Å². The van der Waals surface area contributed by atoms with Crippen molar-refractivity contribution in [3.63, 3.8) is 0 Å². The average molecular weight is 282 g/mol. The first-order chi connectivity index (χ1) is 8.78. The normalized spacial score (nSPS) is 9.74. The third-order valence-corrected chi connectivity index (χ3v) is 2.34. The van der Waals surface area contributed by atoms with Crippen LogP contribution < -0.4 is 10.6 Å². The molecule has 0 saturated carbocycles. The van der Waals surface area contributed by atoms with Crippen LogP contribution in [0.15, 0.2) is 36.8 Å². The number of amides is 1. The van der Waals surface area contributed by atoms with Crippen molar-refractivity contribution in [2.75, 3.05) is 18.9 Å². The monoisotopic (exact) mass is 281 g/mol. The second kappa shape index (κ2) is 7.50. The summed E-state index contributed by atoms with van der Waals surface area (Å²) in [5, 5.41) is 9.75. The van der Waals surface area contributed by atoms with Gasteiger partial charge in [0, 0.05) is 24.7 Å². The molecule has 19 heavy (non-hydrogen) atoms. The Morgan fingerprint density at radius 1 is 1.32 bits per heavy atom. The van der Waals surface area contributed by atoms with Gasteiger partial charge in [0.1, 0.15) is 0 Å². The molecule has 2 heterocycles. The van der Waals surface area contributed by atoms with Crippen LogP contribution in [0.25, 0.3) is 0 Å². The van der Waals surface area contributed by atoms with E-state index in [2.05, 4.69) is 20.7 Å². The van der Waals surface area contributed by atoms with E-state index in [1.54, 1.807) is 30.2 Å². The first kappa shape index (κ1) is 15.1. The lowest BCUT2D eigenvalue weighted by molar-refractivity contribution is -0.115. The topological polar surface area (TPSA) is 71.8 Å². The average Bonchev–Trinajstić information content (AvgIpc) is 2.78. The zero-order valence-electron chi connectivity index (χ0n) is 10.5. The van der Waals surface area contributed by atoms with E-state index in [-0.39, 0.29) is 24.9 Å². The van der Waals surface area contributed by atoms with Crippen molar-refractivity contribution in [2.24, 2.45) is 0 Å². The standard InChI is InChI=1S/C12H15N5O.ClH/c1-13-8-12(18)15-11-4-7-17(16-11)9-10-2-5-14-6-3-10;/h2-7,13H,8-9H2,1H3,(H,15,16,18);1H. The van der Waals surface area contributed by atoms with Crippen molar-refractivity contribution < 1.29 is 4.79 Å². The van der Waals surface area contributed by atoms with Gasteiger partial charge in [0.25, 0.3) is 0 Å². The molecule has 0 saturated heterocycles. The zero-order valence-corrected chi connectivity index (χ0v) is 11.4. The Morgan fingerprint density at radius 2 is 2.05 bits per heavy atom. The summed E-state index contributed by atoms with van der Waals surface area (Å²) in [4.78, 5) is 15.3. The van der Waals surface area contributed by atoms with Crippen molar-refractivity contribution in [1.29, 1.82) is 0 Å². The quantitative estimate of drug-likeness (QED) is 0.854. The SMILES string of the molecule is CNCC(=O)Nc1ccn(Cc2ccncc2)n1.Cl. The third-order valence-electron chi connectivity index (χ3n) is 2.34. The summed E-state index contributed by atoms with van der Waals surface area (Å²) in [5.41, 5.74) is 1.11. The summed E-state index contributed by atoms with van der Waals surface area (Å²) < 4.78 is 1.77. The molecule has 0 aromatic carbocycles. The van der Waals surface area contributed by atoms with Gasteiger partial charge in [0.15, 0.2) is 5.82 Å². The van der Waals surface area contributed by atoms with Gasteiger partial charge in [-0.3, -0.25) is 14.5 Å². The number of carbonyl (C=O) groups excluding carboxylic acids is 1. The fraction of sp³-hybridized carbons (Fsp3) is 0.250. The Bertz CT molecular complexity index is 514. The lowest BCUT2D eigenvalue weighted by atomic mass is 10.3. The van der Waals surface area contributed by atoms with Crippen molar-refractivity contribution in [3.05, 3.63) is 42.4 Å². The number of halogens is 1. The molecule has 0 bridgehead atoms. The second-order valence-electron chi connectivity index (χ2n) is 3.83. The lowest BCUT2D eigenvalue weighted by Gasteiger charge is -2.02. The molecule has 1 amide bonds. The number of pyridine rings is 1. The number of rotatable bonds is 5. The Balaban J connectivity index is 0.00000180. The molecular weight excluding hydrogens is 266 g/mol. The number of likely N-dealkylation sites (N-methyl/N-ethyl adjacent to an activating group) is 1. The van der Waals surface area contributed by atoms with Gasteiger partial charge in [0.2, 0.25) is 5.91 Å². The van der Waals surface area contributed by atoms with Crippen molar-refractivity contribution in [2.45, 2.75) is 6.54 Å². The van der Waals surface area contributed by atoms with Crippen LogP contribution in [0.4, 0.5) is 5.82 Å². The largest absolute Gasteiger partial charge is 0.311 e. The molecule has 0 spiro atoms. The highest BCUT2D eigenvalue weighted by atomic mass is 35.5. The Hall–Kier alpha value is -1.92. The molecule has 0 fully saturated rings. The van der Waals surface area contributed by atoms with Crippen LogP contribution in [0.3, 0.4) is 0 Å². The summed E-state index contributed by atoms with van der Waals surface area (Å²) >= 11 is 0. The minimum atomic E-state index is -0.105. The van der Waals surface area contributed by atoms with Crippen LogP contribution in [-0.4, -0.2) is 34.3 Å². The molecule has 0 unspecified atom stereocenters. The predicted octanol–water partition coefficient (Wildman–Crippen LogP) is 0.906. The highest BCUT2D eigenvalue weighted by Crippen LogP contribution is 2.05. The Morgan fingerprint density at radius 3 is 2.74 bits per heavy atom. The fourth-order valence-corrected chi connectivity index (χ4v) is 1.54. The minimum absolute atomic E-state index is 0. The van der Waals surface area contributed by atoms with Gasteiger partial charge >= 0.3 is 0 Å². The Kier molecular flexibility index (Phi) is 5.98. The van der Waals surface area contributed by atoms with Crippen molar-refractivity contribution in [3.8, 4) is 0 Å². The van der Waals surface area contributed by atoms with Crippen molar-refractivity contribution in [1.82, 2.24) is 20.1 Å². The fourth-order valence-electron chi connectivity index (χ4n) is 1.54. The van der Waals surface area contributed by atoms with E-state index in [4.69, 9.17) is 0 Å². The molecule has 0 aliphatic carbocycles. The van der Waals surface area contributed by atoms with Crippen molar-refractivity contribution >= 4 is 24.1 Å². The molecule has 7 heteroatoms. The van der Waals surface area contributed by atoms with E-state index in [1.165, 1.54) is 0 Å². The number of hydrogen-bond acceptors (Lipinski definition) is 4. The molecule has 0 aliphatic heterocycles. The second-order valence-corrected chi connectivity index (χ2v) is 3.83. The maximum Gasteiger partial charge on any atom is 0.239 e. The summed E-state index contributed by atoms with van der Waals surface area (Å²) in [7, 11) is 1.72.